The zero-order valence-corrected chi connectivity index (χ0v) is 16.4. The van der Waals surface area contributed by atoms with Gasteiger partial charge in [0.25, 0.3) is 0 Å². The van der Waals surface area contributed by atoms with Gasteiger partial charge in [-0.25, -0.2) is 0 Å². The quantitative estimate of drug-likeness (QED) is 0.775. The average molecular weight is 392 g/mol. The van der Waals surface area contributed by atoms with Crippen LogP contribution in [0.15, 0.2) is 48.5 Å². The Morgan fingerprint density at radius 2 is 1.65 bits per heavy atom. The summed E-state index contributed by atoms with van der Waals surface area (Å²) in [6.07, 6.45) is 0. The molecule has 6 heteroatoms. The van der Waals surface area contributed by atoms with E-state index in [0.29, 0.717) is 18.1 Å². The van der Waals surface area contributed by atoms with Crippen LogP contribution >= 0.6 is 23.2 Å². The summed E-state index contributed by atoms with van der Waals surface area (Å²) in [4.78, 5) is 18.8. The van der Waals surface area contributed by atoms with Crippen molar-refractivity contribution in [2.45, 2.75) is 6.54 Å². The molecule has 0 aromatic heterocycles. The zero-order chi connectivity index (χ0) is 18.5. The second-order valence-electron chi connectivity index (χ2n) is 6.62. The molecule has 1 amide bonds. The van der Waals surface area contributed by atoms with Crippen LogP contribution in [0.5, 0.6) is 0 Å². The Balaban J connectivity index is 1.48. The Morgan fingerprint density at radius 1 is 1.00 bits per heavy atom. The third-order valence-electron chi connectivity index (χ3n) is 4.64. The summed E-state index contributed by atoms with van der Waals surface area (Å²) < 4.78 is 0. The van der Waals surface area contributed by atoms with Gasteiger partial charge in [-0.15, -0.1) is 0 Å². The van der Waals surface area contributed by atoms with Gasteiger partial charge in [0.15, 0.2) is 0 Å². The van der Waals surface area contributed by atoms with Gasteiger partial charge in [0.1, 0.15) is 0 Å². The maximum atomic E-state index is 12.5. The van der Waals surface area contributed by atoms with Crippen molar-refractivity contribution in [2.75, 3.05) is 44.7 Å². The van der Waals surface area contributed by atoms with Crippen molar-refractivity contribution in [3.05, 3.63) is 64.1 Å². The summed E-state index contributed by atoms with van der Waals surface area (Å²) in [6.45, 7) is 4.53. The van der Waals surface area contributed by atoms with Crippen molar-refractivity contribution in [3.63, 3.8) is 0 Å². The third kappa shape index (κ3) is 5.13. The van der Waals surface area contributed by atoms with E-state index in [4.69, 9.17) is 23.2 Å². The molecule has 1 fully saturated rings. The van der Waals surface area contributed by atoms with E-state index in [0.717, 1.165) is 42.5 Å². The lowest BCUT2D eigenvalue weighted by molar-refractivity contribution is -0.131. The molecule has 0 bridgehead atoms. The molecule has 0 spiro atoms. The van der Waals surface area contributed by atoms with Gasteiger partial charge < -0.3 is 9.80 Å². The van der Waals surface area contributed by atoms with Crippen molar-refractivity contribution < 1.29 is 4.79 Å². The van der Waals surface area contributed by atoms with Gasteiger partial charge in [-0.05, 0) is 35.9 Å². The molecular formula is C20H23Cl2N3O. The minimum atomic E-state index is 0.126. The van der Waals surface area contributed by atoms with E-state index < -0.39 is 0 Å². The molecule has 0 N–H and O–H groups in total. The van der Waals surface area contributed by atoms with E-state index in [1.165, 1.54) is 0 Å². The van der Waals surface area contributed by atoms with E-state index in [2.05, 4.69) is 15.9 Å². The predicted molar refractivity (Wildman–Crippen MR) is 108 cm³/mol. The molecule has 0 unspecified atom stereocenters. The zero-order valence-electron chi connectivity index (χ0n) is 14.9. The number of hydrogen-bond donors (Lipinski definition) is 0. The summed E-state index contributed by atoms with van der Waals surface area (Å²) >= 11 is 12.1. The number of carbonyl (C=O) groups excluding carboxylic acids is 1. The van der Waals surface area contributed by atoms with Crippen LogP contribution < -0.4 is 4.90 Å². The minimum Gasteiger partial charge on any atom is -0.369 e. The molecule has 1 heterocycles. The molecule has 2 aromatic rings. The number of halogens is 2. The first kappa shape index (κ1) is 19.0. The average Bonchev–Trinajstić information content (AvgIpc) is 2.62. The number of hydrogen-bond acceptors (Lipinski definition) is 3. The van der Waals surface area contributed by atoms with E-state index in [9.17, 15) is 4.79 Å². The standard InChI is InChI=1S/C20H23Cl2N3O/c1-23(14-16-4-2-5-17(21)12-16)20(26)15-24-8-10-25(11-9-24)19-7-3-6-18(22)13-19/h2-7,12-13H,8-11,14-15H2,1H3. The maximum absolute atomic E-state index is 12.5. The Morgan fingerprint density at radius 3 is 2.31 bits per heavy atom. The Labute approximate surface area is 164 Å². The van der Waals surface area contributed by atoms with Crippen molar-refractivity contribution in [1.82, 2.24) is 9.80 Å². The lowest BCUT2D eigenvalue weighted by atomic mass is 10.2. The van der Waals surface area contributed by atoms with Crippen molar-refractivity contribution in [1.29, 1.82) is 0 Å². The Bertz CT molecular complexity index is 760. The van der Waals surface area contributed by atoms with Crippen LogP contribution in [0.2, 0.25) is 10.0 Å². The van der Waals surface area contributed by atoms with E-state index in [-0.39, 0.29) is 5.91 Å². The second kappa shape index (κ2) is 8.76. The highest BCUT2D eigenvalue weighted by molar-refractivity contribution is 6.31. The van der Waals surface area contributed by atoms with E-state index in [1.807, 2.05) is 49.5 Å². The molecule has 0 saturated carbocycles. The summed E-state index contributed by atoms with van der Waals surface area (Å²) in [7, 11) is 1.84. The number of anilines is 1. The monoisotopic (exact) mass is 391 g/mol. The molecule has 0 aliphatic carbocycles. The Kier molecular flexibility index (Phi) is 6.41. The smallest absolute Gasteiger partial charge is 0.236 e. The molecule has 3 rings (SSSR count). The molecule has 0 atom stereocenters. The van der Waals surface area contributed by atoms with Crippen LogP contribution in [-0.4, -0.2) is 55.5 Å². The fraction of sp³-hybridized carbons (Fsp3) is 0.350. The fourth-order valence-corrected chi connectivity index (χ4v) is 3.54. The van der Waals surface area contributed by atoms with Crippen LogP contribution in [0.4, 0.5) is 5.69 Å². The van der Waals surface area contributed by atoms with Gasteiger partial charge in [-0.1, -0.05) is 41.4 Å². The van der Waals surface area contributed by atoms with Gasteiger partial charge in [0.2, 0.25) is 5.91 Å². The lowest BCUT2D eigenvalue weighted by Gasteiger charge is -2.36. The predicted octanol–water partition coefficient (Wildman–Crippen LogP) is 3.77. The van der Waals surface area contributed by atoms with E-state index >= 15 is 0 Å². The first-order valence-corrected chi connectivity index (χ1v) is 9.48. The highest BCUT2D eigenvalue weighted by Gasteiger charge is 2.21. The number of piperazine rings is 1. The summed E-state index contributed by atoms with van der Waals surface area (Å²) in [6, 6.07) is 15.5. The molecule has 2 aromatic carbocycles. The number of amides is 1. The van der Waals surface area contributed by atoms with Crippen LogP contribution in [0, 0.1) is 0 Å². The van der Waals surface area contributed by atoms with Crippen LogP contribution in [-0.2, 0) is 11.3 Å². The topological polar surface area (TPSA) is 26.8 Å². The molecule has 1 saturated heterocycles. The minimum absolute atomic E-state index is 0.126. The maximum Gasteiger partial charge on any atom is 0.236 e. The van der Waals surface area contributed by atoms with Gasteiger partial charge in [0.05, 0.1) is 6.54 Å². The highest BCUT2D eigenvalue weighted by Crippen LogP contribution is 2.20. The van der Waals surface area contributed by atoms with Gasteiger partial charge in [0, 0.05) is 55.5 Å². The van der Waals surface area contributed by atoms with Crippen LogP contribution in [0.25, 0.3) is 0 Å². The lowest BCUT2D eigenvalue weighted by Crippen LogP contribution is -2.49. The summed E-state index contributed by atoms with van der Waals surface area (Å²) in [5, 5.41) is 1.45. The number of rotatable bonds is 5. The summed E-state index contributed by atoms with van der Waals surface area (Å²) in [5.41, 5.74) is 2.18. The van der Waals surface area contributed by atoms with Crippen molar-refractivity contribution >= 4 is 34.8 Å². The van der Waals surface area contributed by atoms with Gasteiger partial charge in [-0.2, -0.15) is 0 Å². The SMILES string of the molecule is CN(Cc1cccc(Cl)c1)C(=O)CN1CCN(c2cccc(Cl)c2)CC1. The number of likely N-dealkylation sites (N-methyl/N-ethyl adjacent to an activating group) is 1. The molecule has 1 aliphatic rings. The van der Waals surface area contributed by atoms with Gasteiger partial charge in [-0.3, -0.25) is 9.69 Å². The number of benzene rings is 2. The summed E-state index contributed by atoms with van der Waals surface area (Å²) in [5.74, 6) is 0.126. The Hall–Kier alpha value is -1.75. The molecule has 26 heavy (non-hydrogen) atoms. The molecule has 1 aliphatic heterocycles. The molecular weight excluding hydrogens is 369 g/mol. The largest absolute Gasteiger partial charge is 0.369 e. The first-order chi connectivity index (χ1) is 12.5. The van der Waals surface area contributed by atoms with Gasteiger partial charge >= 0.3 is 0 Å². The van der Waals surface area contributed by atoms with Crippen molar-refractivity contribution in [2.24, 2.45) is 0 Å². The highest BCUT2D eigenvalue weighted by atomic mass is 35.5. The van der Waals surface area contributed by atoms with E-state index in [1.54, 1.807) is 4.90 Å². The molecule has 4 nitrogen and oxygen atoms in total. The number of nitrogens with zero attached hydrogens (tertiary/aromatic N) is 3. The number of carbonyl (C=O) groups is 1. The first-order valence-electron chi connectivity index (χ1n) is 8.72. The normalized spacial score (nSPS) is 15.1. The molecule has 138 valence electrons. The second-order valence-corrected chi connectivity index (χ2v) is 7.50. The van der Waals surface area contributed by atoms with Crippen molar-refractivity contribution in [3.8, 4) is 0 Å². The van der Waals surface area contributed by atoms with Crippen LogP contribution in [0.3, 0.4) is 0 Å². The molecule has 0 radical (unpaired) electrons. The van der Waals surface area contributed by atoms with Crippen LogP contribution in [0.1, 0.15) is 5.56 Å². The third-order valence-corrected chi connectivity index (χ3v) is 5.11. The fourth-order valence-electron chi connectivity index (χ4n) is 3.15.